The van der Waals surface area contributed by atoms with Crippen LogP contribution in [0.1, 0.15) is 45.4 Å². The second kappa shape index (κ2) is 3.16. The lowest BCUT2D eigenvalue weighted by Crippen LogP contribution is -2.46. The summed E-state index contributed by atoms with van der Waals surface area (Å²) in [5.41, 5.74) is -0.620. The summed E-state index contributed by atoms with van der Waals surface area (Å²) < 4.78 is 25.8. The Labute approximate surface area is 83.5 Å². The predicted molar refractivity (Wildman–Crippen MR) is 50.3 cm³/mol. The molecule has 0 heterocycles. The summed E-state index contributed by atoms with van der Waals surface area (Å²) >= 11 is 0. The van der Waals surface area contributed by atoms with E-state index in [-0.39, 0.29) is 18.8 Å². The molecule has 2 saturated carbocycles. The van der Waals surface area contributed by atoms with Crippen LogP contribution < -0.4 is 0 Å². The second-order valence-electron chi connectivity index (χ2n) is 5.21. The molecule has 0 radical (unpaired) electrons. The first-order valence-corrected chi connectivity index (χ1v) is 5.51. The number of halogens is 2. The van der Waals surface area contributed by atoms with E-state index in [1.165, 1.54) is 0 Å². The summed E-state index contributed by atoms with van der Waals surface area (Å²) in [6, 6.07) is 0. The third-order valence-electron chi connectivity index (χ3n) is 4.08. The molecule has 0 aromatic heterocycles. The third kappa shape index (κ3) is 1.79. The molecular weight excluding hydrogens is 186 g/mol. The van der Waals surface area contributed by atoms with Crippen LogP contribution in [0.5, 0.6) is 0 Å². The molecule has 1 N–H and O–H groups in total. The molecule has 3 heteroatoms. The summed E-state index contributed by atoms with van der Waals surface area (Å²) in [7, 11) is 0. The largest absolute Gasteiger partial charge is 0.390 e. The van der Waals surface area contributed by atoms with E-state index in [1.54, 1.807) is 0 Å². The molecule has 2 aliphatic rings. The van der Waals surface area contributed by atoms with Crippen molar-refractivity contribution in [2.45, 2.75) is 57.0 Å². The number of aliphatic hydroxyl groups is 1. The molecule has 0 aliphatic heterocycles. The van der Waals surface area contributed by atoms with Crippen molar-refractivity contribution in [1.29, 1.82) is 0 Å². The van der Waals surface area contributed by atoms with Gasteiger partial charge in [0.15, 0.2) is 0 Å². The van der Waals surface area contributed by atoms with Gasteiger partial charge in [-0.25, -0.2) is 8.78 Å². The second-order valence-corrected chi connectivity index (χ2v) is 5.21. The molecule has 0 spiro atoms. The predicted octanol–water partition coefficient (Wildman–Crippen LogP) is 2.97. The van der Waals surface area contributed by atoms with Crippen molar-refractivity contribution >= 4 is 0 Å². The van der Waals surface area contributed by atoms with Crippen LogP contribution in [0, 0.1) is 11.8 Å². The summed E-state index contributed by atoms with van der Waals surface area (Å²) in [5.74, 6) is -2.12. The lowest BCUT2D eigenvalue weighted by Gasteiger charge is -2.45. The van der Waals surface area contributed by atoms with Gasteiger partial charge in [-0.15, -0.1) is 0 Å². The summed E-state index contributed by atoms with van der Waals surface area (Å²) in [5, 5.41) is 10.1. The zero-order valence-corrected chi connectivity index (χ0v) is 8.60. The van der Waals surface area contributed by atoms with Gasteiger partial charge in [0.25, 0.3) is 0 Å². The fourth-order valence-corrected chi connectivity index (χ4v) is 2.79. The Morgan fingerprint density at radius 1 is 1.29 bits per heavy atom. The van der Waals surface area contributed by atoms with Crippen molar-refractivity contribution in [2.24, 2.45) is 11.8 Å². The Balaban J connectivity index is 1.87. The fourth-order valence-electron chi connectivity index (χ4n) is 2.79. The lowest BCUT2D eigenvalue weighted by molar-refractivity contribution is -0.104. The monoisotopic (exact) mass is 204 g/mol. The highest BCUT2D eigenvalue weighted by atomic mass is 19.3. The highest BCUT2D eigenvalue weighted by Gasteiger charge is 2.47. The van der Waals surface area contributed by atoms with E-state index in [2.05, 4.69) is 0 Å². The fraction of sp³-hybridized carbons (Fsp3) is 1.00. The number of rotatable bonds is 2. The maximum Gasteiger partial charge on any atom is 0.248 e. The Bertz CT molecular complexity index is 229. The zero-order chi connectivity index (χ0) is 10.4. The van der Waals surface area contributed by atoms with Gasteiger partial charge in [0, 0.05) is 12.8 Å². The maximum absolute atomic E-state index is 12.9. The SMILES string of the molecule is CC1CCC1(O)CC1CCC(F)(F)C1. The van der Waals surface area contributed by atoms with Crippen molar-refractivity contribution in [2.75, 3.05) is 0 Å². The molecule has 2 fully saturated rings. The van der Waals surface area contributed by atoms with Gasteiger partial charge < -0.3 is 5.11 Å². The van der Waals surface area contributed by atoms with Gasteiger partial charge in [-0.1, -0.05) is 6.92 Å². The third-order valence-corrected chi connectivity index (χ3v) is 4.08. The van der Waals surface area contributed by atoms with Crippen molar-refractivity contribution in [3.8, 4) is 0 Å². The van der Waals surface area contributed by atoms with Crippen LogP contribution in [0.25, 0.3) is 0 Å². The van der Waals surface area contributed by atoms with Gasteiger partial charge in [0.1, 0.15) is 0 Å². The maximum atomic E-state index is 12.9. The highest BCUT2D eigenvalue weighted by molar-refractivity contribution is 4.97. The van der Waals surface area contributed by atoms with Gasteiger partial charge in [0.2, 0.25) is 5.92 Å². The Morgan fingerprint density at radius 2 is 2.00 bits per heavy atom. The molecule has 2 aliphatic carbocycles. The minimum absolute atomic E-state index is 0.0119. The van der Waals surface area contributed by atoms with E-state index in [4.69, 9.17) is 0 Å². The van der Waals surface area contributed by atoms with E-state index in [9.17, 15) is 13.9 Å². The first-order chi connectivity index (χ1) is 6.41. The van der Waals surface area contributed by atoms with E-state index < -0.39 is 11.5 Å². The van der Waals surface area contributed by atoms with Crippen molar-refractivity contribution in [3.63, 3.8) is 0 Å². The summed E-state index contributed by atoms with van der Waals surface area (Å²) in [6.07, 6.45) is 3.02. The quantitative estimate of drug-likeness (QED) is 0.733. The molecule has 1 nitrogen and oxygen atoms in total. The average Bonchev–Trinajstić information content (AvgIpc) is 2.43. The van der Waals surface area contributed by atoms with E-state index in [0.717, 1.165) is 12.8 Å². The van der Waals surface area contributed by atoms with Crippen molar-refractivity contribution in [3.05, 3.63) is 0 Å². The normalized spacial score (nSPS) is 46.3. The lowest BCUT2D eigenvalue weighted by atomic mass is 9.66. The molecule has 0 saturated heterocycles. The molecule has 82 valence electrons. The average molecular weight is 204 g/mol. The Kier molecular flexibility index (Phi) is 2.33. The smallest absolute Gasteiger partial charge is 0.248 e. The van der Waals surface area contributed by atoms with Gasteiger partial charge in [-0.3, -0.25) is 0 Å². The van der Waals surface area contributed by atoms with Crippen LogP contribution in [0.4, 0.5) is 8.78 Å². The molecule has 2 rings (SSSR count). The van der Waals surface area contributed by atoms with Crippen LogP contribution >= 0.6 is 0 Å². The zero-order valence-electron chi connectivity index (χ0n) is 8.60. The van der Waals surface area contributed by atoms with Crippen LogP contribution in [0.15, 0.2) is 0 Å². The summed E-state index contributed by atoms with van der Waals surface area (Å²) in [6.45, 7) is 2.01. The number of hydrogen-bond donors (Lipinski definition) is 1. The molecule has 0 bridgehead atoms. The van der Waals surface area contributed by atoms with Gasteiger partial charge in [0.05, 0.1) is 5.60 Å². The van der Waals surface area contributed by atoms with E-state index in [1.807, 2.05) is 6.92 Å². The minimum Gasteiger partial charge on any atom is -0.390 e. The molecule has 0 aromatic rings. The van der Waals surface area contributed by atoms with Crippen LogP contribution in [-0.4, -0.2) is 16.6 Å². The molecule has 0 amide bonds. The topological polar surface area (TPSA) is 20.2 Å². The van der Waals surface area contributed by atoms with Crippen molar-refractivity contribution < 1.29 is 13.9 Å². The molecule has 3 atom stereocenters. The molecule has 0 aromatic carbocycles. The van der Waals surface area contributed by atoms with Gasteiger partial charge in [-0.05, 0) is 37.5 Å². The summed E-state index contributed by atoms with van der Waals surface area (Å²) in [4.78, 5) is 0. The van der Waals surface area contributed by atoms with Crippen LogP contribution in [-0.2, 0) is 0 Å². The molecule has 14 heavy (non-hydrogen) atoms. The van der Waals surface area contributed by atoms with E-state index >= 15 is 0 Å². The number of alkyl halides is 2. The first-order valence-electron chi connectivity index (χ1n) is 5.51. The van der Waals surface area contributed by atoms with Gasteiger partial charge >= 0.3 is 0 Å². The minimum atomic E-state index is -2.46. The van der Waals surface area contributed by atoms with Crippen molar-refractivity contribution in [1.82, 2.24) is 0 Å². The molecule has 3 unspecified atom stereocenters. The Hall–Kier alpha value is -0.180. The highest BCUT2D eigenvalue weighted by Crippen LogP contribution is 2.48. The van der Waals surface area contributed by atoms with Crippen LogP contribution in [0.2, 0.25) is 0 Å². The first kappa shape index (κ1) is 10.3. The van der Waals surface area contributed by atoms with Crippen LogP contribution in [0.3, 0.4) is 0 Å². The van der Waals surface area contributed by atoms with Gasteiger partial charge in [-0.2, -0.15) is 0 Å². The molecular formula is C11H18F2O. The standard InChI is InChI=1S/C11H18F2O/c1-8-2-4-10(8,14)6-9-3-5-11(12,13)7-9/h8-9,14H,2-7H2,1H3. The Morgan fingerprint density at radius 3 is 2.36 bits per heavy atom. The number of hydrogen-bond acceptors (Lipinski definition) is 1. The van der Waals surface area contributed by atoms with E-state index in [0.29, 0.717) is 18.8 Å².